The molecule has 0 saturated carbocycles. The second-order valence-corrected chi connectivity index (χ2v) is 2.77. The van der Waals surface area contributed by atoms with Gasteiger partial charge in [-0.05, 0) is 13.5 Å². The number of rotatable bonds is 6. The van der Waals surface area contributed by atoms with Gasteiger partial charge in [-0.15, -0.1) is 0 Å². The molecule has 1 aromatic rings. The van der Waals surface area contributed by atoms with Crippen LogP contribution in [0, 0.1) is 0 Å². The molecule has 4 nitrogen and oxygen atoms in total. The number of ether oxygens (including phenoxy) is 1. The Morgan fingerprint density at radius 3 is 3.15 bits per heavy atom. The number of nitrogens with zero attached hydrogens (tertiary/aromatic N) is 2. The SMILES string of the molecule is CCOCCn1ccnc1CCN. The smallest absolute Gasteiger partial charge is 0.109 e. The molecule has 0 amide bonds. The minimum Gasteiger partial charge on any atom is -0.380 e. The van der Waals surface area contributed by atoms with Crippen molar-refractivity contribution in [3.63, 3.8) is 0 Å². The van der Waals surface area contributed by atoms with Gasteiger partial charge in [0.1, 0.15) is 5.82 Å². The van der Waals surface area contributed by atoms with Crippen LogP contribution in [0.2, 0.25) is 0 Å². The van der Waals surface area contributed by atoms with Gasteiger partial charge in [-0.2, -0.15) is 0 Å². The number of nitrogens with two attached hydrogens (primary N) is 1. The van der Waals surface area contributed by atoms with Gasteiger partial charge in [0.25, 0.3) is 0 Å². The van der Waals surface area contributed by atoms with Crippen molar-refractivity contribution < 1.29 is 4.74 Å². The molecule has 0 spiro atoms. The Hall–Kier alpha value is -0.870. The average Bonchev–Trinajstić information content (AvgIpc) is 2.54. The normalized spacial score (nSPS) is 10.6. The van der Waals surface area contributed by atoms with Gasteiger partial charge in [0.15, 0.2) is 0 Å². The molecule has 2 N–H and O–H groups in total. The Morgan fingerprint density at radius 2 is 2.46 bits per heavy atom. The van der Waals surface area contributed by atoms with E-state index in [1.54, 1.807) is 6.20 Å². The van der Waals surface area contributed by atoms with E-state index in [1.165, 1.54) is 0 Å². The van der Waals surface area contributed by atoms with Gasteiger partial charge in [-0.1, -0.05) is 0 Å². The summed E-state index contributed by atoms with van der Waals surface area (Å²) in [5, 5.41) is 0. The Labute approximate surface area is 78.7 Å². The molecule has 0 unspecified atom stereocenters. The number of hydrogen-bond acceptors (Lipinski definition) is 3. The zero-order valence-corrected chi connectivity index (χ0v) is 8.07. The van der Waals surface area contributed by atoms with E-state index in [0.29, 0.717) is 6.54 Å². The van der Waals surface area contributed by atoms with Crippen LogP contribution in [-0.4, -0.2) is 29.3 Å². The first-order valence-corrected chi connectivity index (χ1v) is 4.66. The molecule has 0 radical (unpaired) electrons. The van der Waals surface area contributed by atoms with E-state index < -0.39 is 0 Å². The molecule has 4 heteroatoms. The Kier molecular flexibility index (Phi) is 4.49. The molecular formula is C9H17N3O. The molecule has 0 saturated heterocycles. The van der Waals surface area contributed by atoms with Crippen molar-refractivity contribution in [3.8, 4) is 0 Å². The predicted molar refractivity (Wildman–Crippen MR) is 51.5 cm³/mol. The van der Waals surface area contributed by atoms with Crippen molar-refractivity contribution in [2.24, 2.45) is 5.73 Å². The first-order valence-electron chi connectivity index (χ1n) is 4.66. The van der Waals surface area contributed by atoms with E-state index in [-0.39, 0.29) is 0 Å². The summed E-state index contributed by atoms with van der Waals surface area (Å²) in [6.07, 6.45) is 4.60. The highest BCUT2D eigenvalue weighted by Crippen LogP contribution is 1.97. The molecule has 0 aliphatic heterocycles. The van der Waals surface area contributed by atoms with Crippen molar-refractivity contribution in [2.75, 3.05) is 19.8 Å². The van der Waals surface area contributed by atoms with Gasteiger partial charge in [0.05, 0.1) is 6.61 Å². The van der Waals surface area contributed by atoms with Crippen LogP contribution >= 0.6 is 0 Å². The van der Waals surface area contributed by atoms with E-state index in [1.807, 2.05) is 13.1 Å². The lowest BCUT2D eigenvalue weighted by atomic mass is 10.4. The predicted octanol–water partition coefficient (Wildman–Crippen LogP) is 0.421. The van der Waals surface area contributed by atoms with Crippen LogP contribution in [0.25, 0.3) is 0 Å². The Balaban J connectivity index is 2.40. The number of hydrogen-bond donors (Lipinski definition) is 1. The van der Waals surface area contributed by atoms with Crippen molar-refractivity contribution >= 4 is 0 Å². The largest absolute Gasteiger partial charge is 0.380 e. The lowest BCUT2D eigenvalue weighted by Crippen LogP contribution is -2.12. The van der Waals surface area contributed by atoms with Crippen LogP contribution in [0.4, 0.5) is 0 Å². The van der Waals surface area contributed by atoms with Crippen LogP contribution < -0.4 is 5.73 Å². The van der Waals surface area contributed by atoms with Crippen LogP contribution in [-0.2, 0) is 17.7 Å². The second-order valence-electron chi connectivity index (χ2n) is 2.77. The summed E-state index contributed by atoms with van der Waals surface area (Å²) in [6.45, 7) is 5.01. The lowest BCUT2D eigenvalue weighted by molar-refractivity contribution is 0.138. The molecule has 1 heterocycles. The molecule has 0 aliphatic carbocycles. The number of imidazole rings is 1. The van der Waals surface area contributed by atoms with Crippen LogP contribution in [0.1, 0.15) is 12.7 Å². The van der Waals surface area contributed by atoms with Crippen LogP contribution in [0.5, 0.6) is 0 Å². The first kappa shape index (κ1) is 10.2. The highest BCUT2D eigenvalue weighted by atomic mass is 16.5. The molecule has 0 bridgehead atoms. The maximum atomic E-state index is 5.46. The minimum atomic E-state index is 0.644. The molecular weight excluding hydrogens is 166 g/mol. The van der Waals surface area contributed by atoms with Gasteiger partial charge in [-0.3, -0.25) is 0 Å². The molecule has 1 rings (SSSR count). The highest BCUT2D eigenvalue weighted by Gasteiger charge is 2.00. The summed E-state index contributed by atoms with van der Waals surface area (Å²) in [5.41, 5.74) is 5.46. The summed E-state index contributed by atoms with van der Waals surface area (Å²) in [7, 11) is 0. The van der Waals surface area contributed by atoms with Gasteiger partial charge in [0.2, 0.25) is 0 Å². The zero-order valence-electron chi connectivity index (χ0n) is 8.07. The van der Waals surface area contributed by atoms with Gasteiger partial charge in [-0.25, -0.2) is 4.98 Å². The third-order valence-electron chi connectivity index (χ3n) is 1.85. The van der Waals surface area contributed by atoms with Crippen molar-refractivity contribution in [1.82, 2.24) is 9.55 Å². The summed E-state index contributed by atoms with van der Waals surface area (Å²) in [6, 6.07) is 0. The maximum absolute atomic E-state index is 5.46. The maximum Gasteiger partial charge on any atom is 0.109 e. The second kappa shape index (κ2) is 5.72. The molecule has 1 aromatic heterocycles. The van der Waals surface area contributed by atoms with E-state index in [4.69, 9.17) is 10.5 Å². The molecule has 0 aromatic carbocycles. The molecule has 74 valence electrons. The summed E-state index contributed by atoms with van der Waals surface area (Å²) in [4.78, 5) is 4.21. The quantitative estimate of drug-likeness (QED) is 0.650. The minimum absolute atomic E-state index is 0.644. The fourth-order valence-corrected chi connectivity index (χ4v) is 1.21. The fourth-order valence-electron chi connectivity index (χ4n) is 1.21. The van der Waals surface area contributed by atoms with E-state index in [0.717, 1.165) is 32.0 Å². The van der Waals surface area contributed by atoms with Crippen molar-refractivity contribution in [2.45, 2.75) is 19.9 Å². The third kappa shape index (κ3) is 3.16. The Morgan fingerprint density at radius 1 is 1.62 bits per heavy atom. The molecule has 0 atom stereocenters. The highest BCUT2D eigenvalue weighted by molar-refractivity contribution is 4.92. The van der Waals surface area contributed by atoms with E-state index in [9.17, 15) is 0 Å². The lowest BCUT2D eigenvalue weighted by Gasteiger charge is -2.06. The molecule has 13 heavy (non-hydrogen) atoms. The van der Waals surface area contributed by atoms with E-state index >= 15 is 0 Å². The zero-order chi connectivity index (χ0) is 9.52. The summed E-state index contributed by atoms with van der Waals surface area (Å²) >= 11 is 0. The summed E-state index contributed by atoms with van der Waals surface area (Å²) < 4.78 is 7.35. The monoisotopic (exact) mass is 183 g/mol. The standard InChI is InChI=1S/C9H17N3O/c1-2-13-8-7-12-6-5-11-9(12)3-4-10/h5-6H,2-4,7-8,10H2,1H3. The third-order valence-corrected chi connectivity index (χ3v) is 1.85. The van der Waals surface area contributed by atoms with Gasteiger partial charge < -0.3 is 15.0 Å². The van der Waals surface area contributed by atoms with Crippen molar-refractivity contribution in [3.05, 3.63) is 18.2 Å². The molecule has 0 fully saturated rings. The Bertz CT molecular complexity index is 235. The summed E-state index contributed by atoms with van der Waals surface area (Å²) in [5.74, 6) is 1.04. The molecule has 0 aliphatic rings. The van der Waals surface area contributed by atoms with Gasteiger partial charge >= 0.3 is 0 Å². The first-order chi connectivity index (χ1) is 6.38. The van der Waals surface area contributed by atoms with Crippen LogP contribution in [0.3, 0.4) is 0 Å². The average molecular weight is 183 g/mol. The van der Waals surface area contributed by atoms with Crippen LogP contribution in [0.15, 0.2) is 12.4 Å². The fraction of sp³-hybridized carbons (Fsp3) is 0.667. The number of aromatic nitrogens is 2. The van der Waals surface area contributed by atoms with E-state index in [2.05, 4.69) is 9.55 Å². The van der Waals surface area contributed by atoms with Gasteiger partial charge in [0, 0.05) is 32.0 Å². The van der Waals surface area contributed by atoms with Crippen molar-refractivity contribution in [1.29, 1.82) is 0 Å². The topological polar surface area (TPSA) is 53.1 Å².